The maximum absolute atomic E-state index is 12.6. The Balaban J connectivity index is 1.61. The minimum atomic E-state index is -0.120. The first-order valence-electron chi connectivity index (χ1n) is 9.82. The smallest absolute Gasteiger partial charge is 0.234 e. The van der Waals surface area contributed by atoms with Crippen molar-refractivity contribution in [3.8, 4) is 22.8 Å². The Morgan fingerprint density at radius 3 is 2.52 bits per heavy atom. The van der Waals surface area contributed by atoms with Crippen LogP contribution in [-0.2, 0) is 4.79 Å². The van der Waals surface area contributed by atoms with Gasteiger partial charge in [0.15, 0.2) is 11.0 Å². The van der Waals surface area contributed by atoms with Gasteiger partial charge >= 0.3 is 0 Å². The summed E-state index contributed by atoms with van der Waals surface area (Å²) in [6.45, 7) is 3.96. The summed E-state index contributed by atoms with van der Waals surface area (Å²) in [5, 5.41) is 22.5. The Labute approximate surface area is 185 Å². The lowest BCUT2D eigenvalue weighted by Crippen LogP contribution is -2.15. The summed E-state index contributed by atoms with van der Waals surface area (Å²) in [5.41, 5.74) is 4.33. The molecule has 0 atom stereocenters. The molecule has 3 aromatic carbocycles. The van der Waals surface area contributed by atoms with E-state index < -0.39 is 0 Å². The van der Waals surface area contributed by atoms with Crippen LogP contribution in [0.15, 0.2) is 78.0 Å². The van der Waals surface area contributed by atoms with Crippen molar-refractivity contribution >= 4 is 23.4 Å². The van der Waals surface area contributed by atoms with E-state index in [0.29, 0.717) is 16.5 Å². The van der Waals surface area contributed by atoms with Gasteiger partial charge < -0.3 is 10.4 Å². The summed E-state index contributed by atoms with van der Waals surface area (Å²) in [6.07, 6.45) is 0. The van der Waals surface area contributed by atoms with Gasteiger partial charge in [-0.2, -0.15) is 0 Å². The lowest BCUT2D eigenvalue weighted by molar-refractivity contribution is -0.113. The fourth-order valence-corrected chi connectivity index (χ4v) is 3.95. The molecule has 156 valence electrons. The molecule has 0 aliphatic carbocycles. The number of benzene rings is 3. The van der Waals surface area contributed by atoms with Gasteiger partial charge in [-0.05, 0) is 55.3 Å². The van der Waals surface area contributed by atoms with Crippen LogP contribution in [0.4, 0.5) is 5.69 Å². The van der Waals surface area contributed by atoms with E-state index in [9.17, 15) is 9.90 Å². The van der Waals surface area contributed by atoms with Crippen molar-refractivity contribution in [1.82, 2.24) is 14.8 Å². The quantitative estimate of drug-likeness (QED) is 0.421. The molecule has 4 aromatic rings. The Kier molecular flexibility index (Phi) is 6.04. The van der Waals surface area contributed by atoms with Crippen LogP contribution in [0.25, 0.3) is 17.1 Å². The maximum atomic E-state index is 12.6. The van der Waals surface area contributed by atoms with Crippen LogP contribution >= 0.6 is 11.8 Å². The zero-order chi connectivity index (χ0) is 21.8. The molecule has 0 fully saturated rings. The van der Waals surface area contributed by atoms with E-state index in [1.54, 1.807) is 18.2 Å². The highest BCUT2D eigenvalue weighted by Gasteiger charge is 2.19. The van der Waals surface area contributed by atoms with Crippen LogP contribution < -0.4 is 5.32 Å². The van der Waals surface area contributed by atoms with Crippen molar-refractivity contribution < 1.29 is 9.90 Å². The fourth-order valence-electron chi connectivity index (χ4n) is 3.20. The first kappa shape index (κ1) is 20.7. The number of amides is 1. The summed E-state index contributed by atoms with van der Waals surface area (Å²) in [7, 11) is 0. The van der Waals surface area contributed by atoms with E-state index >= 15 is 0 Å². The largest absolute Gasteiger partial charge is 0.507 e. The van der Waals surface area contributed by atoms with Crippen LogP contribution in [0.1, 0.15) is 11.1 Å². The molecule has 1 aromatic heterocycles. The number of hydrogen-bond acceptors (Lipinski definition) is 5. The van der Waals surface area contributed by atoms with E-state index in [4.69, 9.17) is 0 Å². The molecule has 0 saturated heterocycles. The monoisotopic (exact) mass is 430 g/mol. The fraction of sp³-hybridized carbons (Fsp3) is 0.125. The van der Waals surface area contributed by atoms with E-state index in [1.165, 1.54) is 11.8 Å². The number of aromatic nitrogens is 3. The number of hydrogen-bond donors (Lipinski definition) is 2. The normalized spacial score (nSPS) is 10.8. The first-order valence-corrected chi connectivity index (χ1v) is 10.8. The molecular weight excluding hydrogens is 408 g/mol. The van der Waals surface area contributed by atoms with E-state index in [0.717, 1.165) is 22.5 Å². The number of phenolic OH excluding ortho intramolecular Hbond substituents is 1. The van der Waals surface area contributed by atoms with Gasteiger partial charge in [0.05, 0.1) is 11.3 Å². The number of rotatable bonds is 6. The third-order valence-electron chi connectivity index (χ3n) is 4.79. The Morgan fingerprint density at radius 1 is 1.00 bits per heavy atom. The van der Waals surface area contributed by atoms with Gasteiger partial charge in [0.2, 0.25) is 5.91 Å². The summed E-state index contributed by atoms with van der Waals surface area (Å²) >= 11 is 1.30. The number of aromatic hydroxyl groups is 1. The number of nitrogens with zero attached hydrogens (tertiary/aromatic N) is 3. The van der Waals surface area contributed by atoms with Crippen molar-refractivity contribution in [1.29, 1.82) is 0 Å². The standard InChI is InChI=1S/C24H22N4O2S/c1-16-12-13-17(2)20(14-16)25-22(30)15-31-24-27-26-23(19-10-6-7-11-21(19)29)28(24)18-8-4-3-5-9-18/h3-14,29H,15H2,1-2H3,(H,25,30). The number of anilines is 1. The molecule has 0 spiro atoms. The predicted octanol–water partition coefficient (Wildman–Crippen LogP) is 4.99. The van der Waals surface area contributed by atoms with E-state index in [1.807, 2.05) is 73.0 Å². The molecule has 0 bridgehead atoms. The molecule has 1 amide bonds. The minimum Gasteiger partial charge on any atom is -0.507 e. The van der Waals surface area contributed by atoms with Crippen molar-refractivity contribution in [2.24, 2.45) is 0 Å². The molecule has 0 aliphatic heterocycles. The molecule has 31 heavy (non-hydrogen) atoms. The van der Waals surface area contributed by atoms with Crippen molar-refractivity contribution in [3.63, 3.8) is 0 Å². The Morgan fingerprint density at radius 2 is 1.74 bits per heavy atom. The van der Waals surface area contributed by atoms with Crippen LogP contribution in [0.5, 0.6) is 5.75 Å². The number of nitrogens with one attached hydrogen (secondary N) is 1. The second-order valence-electron chi connectivity index (χ2n) is 7.15. The molecule has 0 radical (unpaired) electrons. The topological polar surface area (TPSA) is 80.0 Å². The lowest BCUT2D eigenvalue weighted by Gasteiger charge is -2.12. The van der Waals surface area contributed by atoms with Crippen LogP contribution in [0, 0.1) is 13.8 Å². The molecule has 1 heterocycles. The van der Waals surface area contributed by atoms with E-state index in [2.05, 4.69) is 15.5 Å². The van der Waals surface area contributed by atoms with Gasteiger partial charge in [-0.25, -0.2) is 0 Å². The van der Waals surface area contributed by atoms with Gasteiger partial charge in [-0.15, -0.1) is 10.2 Å². The molecule has 4 rings (SSSR count). The van der Waals surface area contributed by atoms with Crippen LogP contribution in [0.2, 0.25) is 0 Å². The van der Waals surface area contributed by atoms with Crippen molar-refractivity contribution in [3.05, 3.63) is 83.9 Å². The molecule has 0 aliphatic rings. The van der Waals surface area contributed by atoms with Crippen molar-refractivity contribution in [2.45, 2.75) is 19.0 Å². The Bertz CT molecular complexity index is 1220. The van der Waals surface area contributed by atoms with E-state index in [-0.39, 0.29) is 17.4 Å². The predicted molar refractivity (Wildman–Crippen MR) is 124 cm³/mol. The maximum Gasteiger partial charge on any atom is 0.234 e. The molecule has 7 heteroatoms. The van der Waals surface area contributed by atoms with Gasteiger partial charge in [0, 0.05) is 11.4 Å². The zero-order valence-corrected chi connectivity index (χ0v) is 18.1. The van der Waals surface area contributed by atoms with Gasteiger partial charge in [-0.3, -0.25) is 9.36 Å². The first-order chi connectivity index (χ1) is 15.0. The van der Waals surface area contributed by atoms with Gasteiger partial charge in [-0.1, -0.05) is 54.2 Å². The molecular formula is C24H22N4O2S. The summed E-state index contributed by atoms with van der Waals surface area (Å²) in [4.78, 5) is 12.6. The highest BCUT2D eigenvalue weighted by Crippen LogP contribution is 2.32. The number of phenols is 1. The number of thioether (sulfide) groups is 1. The average Bonchev–Trinajstić information content (AvgIpc) is 3.19. The number of carbonyl (C=O) groups excluding carboxylic acids is 1. The minimum absolute atomic E-state index is 0.120. The molecule has 6 nitrogen and oxygen atoms in total. The number of carbonyl (C=O) groups is 1. The SMILES string of the molecule is Cc1ccc(C)c(NC(=O)CSc2nnc(-c3ccccc3O)n2-c2ccccc2)c1. The summed E-state index contributed by atoms with van der Waals surface area (Å²) in [6, 6.07) is 22.6. The molecule has 2 N–H and O–H groups in total. The van der Waals surface area contributed by atoms with Crippen LogP contribution in [0.3, 0.4) is 0 Å². The summed E-state index contributed by atoms with van der Waals surface area (Å²) < 4.78 is 1.85. The summed E-state index contributed by atoms with van der Waals surface area (Å²) in [5.74, 6) is 0.697. The zero-order valence-electron chi connectivity index (χ0n) is 17.2. The highest BCUT2D eigenvalue weighted by molar-refractivity contribution is 7.99. The third kappa shape index (κ3) is 4.62. The van der Waals surface area contributed by atoms with Gasteiger partial charge in [0.25, 0.3) is 0 Å². The second-order valence-corrected chi connectivity index (χ2v) is 8.09. The third-order valence-corrected chi connectivity index (χ3v) is 5.72. The lowest BCUT2D eigenvalue weighted by atomic mass is 10.1. The molecule has 0 saturated carbocycles. The second kappa shape index (κ2) is 9.06. The van der Waals surface area contributed by atoms with Crippen molar-refractivity contribution in [2.75, 3.05) is 11.1 Å². The highest BCUT2D eigenvalue weighted by atomic mass is 32.2. The average molecular weight is 431 g/mol. The molecule has 0 unspecified atom stereocenters. The number of aryl methyl sites for hydroxylation is 2. The number of para-hydroxylation sites is 2. The van der Waals surface area contributed by atoms with Gasteiger partial charge in [0.1, 0.15) is 5.75 Å². The Hall–Kier alpha value is -3.58. The van der Waals surface area contributed by atoms with Crippen LogP contribution in [-0.4, -0.2) is 31.5 Å².